The van der Waals surface area contributed by atoms with E-state index in [4.69, 9.17) is 0 Å². The van der Waals surface area contributed by atoms with Gasteiger partial charge in [-0.25, -0.2) is 9.37 Å². The maximum Gasteiger partial charge on any atom is 0.123 e. The van der Waals surface area contributed by atoms with E-state index in [0.29, 0.717) is 6.04 Å². The van der Waals surface area contributed by atoms with Crippen LogP contribution >= 0.6 is 0 Å². The molecule has 1 atom stereocenters. The first-order valence-electron chi connectivity index (χ1n) is 9.91. The summed E-state index contributed by atoms with van der Waals surface area (Å²) in [7, 11) is 2.02. The summed E-state index contributed by atoms with van der Waals surface area (Å²) in [6, 6.07) is 16.1. The number of imidazole rings is 1. The molecule has 0 amide bonds. The zero-order valence-electron chi connectivity index (χ0n) is 16.3. The molecule has 1 aliphatic heterocycles. The fraction of sp³-hybridized carbons (Fsp3) is 0.348. The van der Waals surface area contributed by atoms with Crippen LogP contribution in [0.1, 0.15) is 22.5 Å². The van der Waals surface area contributed by atoms with Crippen LogP contribution in [0.2, 0.25) is 0 Å². The minimum absolute atomic E-state index is 0.173. The van der Waals surface area contributed by atoms with Crippen LogP contribution in [0.15, 0.2) is 60.9 Å². The van der Waals surface area contributed by atoms with Crippen molar-refractivity contribution < 1.29 is 4.39 Å². The summed E-state index contributed by atoms with van der Waals surface area (Å²) in [6.07, 6.45) is 5.77. The summed E-state index contributed by atoms with van der Waals surface area (Å²) in [5.74, 6) is 0.875. The Labute approximate surface area is 166 Å². The van der Waals surface area contributed by atoms with Gasteiger partial charge in [-0.15, -0.1) is 0 Å². The smallest absolute Gasteiger partial charge is 0.123 e. The van der Waals surface area contributed by atoms with Gasteiger partial charge < -0.3 is 9.88 Å². The van der Waals surface area contributed by atoms with E-state index in [1.807, 2.05) is 36.1 Å². The number of fused-ring (bicyclic) bond motifs is 1. The second-order valence-corrected chi connectivity index (χ2v) is 7.56. The van der Waals surface area contributed by atoms with E-state index in [9.17, 15) is 4.39 Å². The molecular formula is C23H27FN4. The van der Waals surface area contributed by atoms with E-state index in [1.54, 1.807) is 12.1 Å². The van der Waals surface area contributed by atoms with Crippen LogP contribution in [0.5, 0.6) is 0 Å². The molecule has 2 aromatic carbocycles. The molecule has 0 saturated heterocycles. The zero-order valence-corrected chi connectivity index (χ0v) is 16.3. The van der Waals surface area contributed by atoms with E-state index < -0.39 is 0 Å². The van der Waals surface area contributed by atoms with Crippen LogP contribution in [-0.4, -0.2) is 33.6 Å². The van der Waals surface area contributed by atoms with Gasteiger partial charge in [-0.1, -0.05) is 36.4 Å². The lowest BCUT2D eigenvalue weighted by Gasteiger charge is -2.37. The van der Waals surface area contributed by atoms with Crippen LogP contribution in [-0.2, 0) is 33.0 Å². The Morgan fingerprint density at radius 3 is 2.64 bits per heavy atom. The number of aryl methyl sites for hydroxylation is 1. The van der Waals surface area contributed by atoms with Gasteiger partial charge in [0.1, 0.15) is 11.6 Å². The maximum atomic E-state index is 13.3. The molecule has 0 aliphatic carbocycles. The van der Waals surface area contributed by atoms with Crippen molar-refractivity contribution in [3.63, 3.8) is 0 Å². The van der Waals surface area contributed by atoms with Crippen molar-refractivity contribution in [2.45, 2.75) is 32.0 Å². The van der Waals surface area contributed by atoms with Gasteiger partial charge in [0.25, 0.3) is 0 Å². The molecular weight excluding hydrogens is 351 g/mol. The molecule has 146 valence electrons. The summed E-state index contributed by atoms with van der Waals surface area (Å²) < 4.78 is 15.3. The van der Waals surface area contributed by atoms with Crippen LogP contribution in [0.4, 0.5) is 4.39 Å². The Kier molecular flexibility index (Phi) is 5.84. The van der Waals surface area contributed by atoms with Gasteiger partial charge in [-0.05, 0) is 41.7 Å². The highest BCUT2D eigenvalue weighted by molar-refractivity contribution is 5.31. The van der Waals surface area contributed by atoms with Crippen molar-refractivity contribution in [1.29, 1.82) is 0 Å². The average molecular weight is 378 g/mol. The molecule has 1 aliphatic rings. The number of aromatic nitrogens is 2. The number of halogens is 1. The summed E-state index contributed by atoms with van der Waals surface area (Å²) in [5, 5.41) is 3.52. The SMILES string of the molecule is Cn1ccnc1CNCCN1Cc2ccccc2CC1Cc1ccc(F)cc1. The maximum absolute atomic E-state index is 13.3. The summed E-state index contributed by atoms with van der Waals surface area (Å²) in [4.78, 5) is 6.92. The Hall–Kier alpha value is -2.50. The molecule has 0 fully saturated rings. The lowest BCUT2D eigenvalue weighted by molar-refractivity contribution is 0.170. The average Bonchev–Trinajstić information content (AvgIpc) is 3.12. The van der Waals surface area contributed by atoms with E-state index >= 15 is 0 Å². The molecule has 0 radical (unpaired) electrons. The number of hydrogen-bond acceptors (Lipinski definition) is 3. The Balaban J connectivity index is 1.41. The minimum atomic E-state index is -0.173. The minimum Gasteiger partial charge on any atom is -0.337 e. The Morgan fingerprint density at radius 2 is 1.89 bits per heavy atom. The van der Waals surface area contributed by atoms with Crippen molar-refractivity contribution in [2.24, 2.45) is 7.05 Å². The summed E-state index contributed by atoms with van der Waals surface area (Å²) >= 11 is 0. The number of benzene rings is 2. The largest absolute Gasteiger partial charge is 0.337 e. The molecule has 0 bridgehead atoms. The van der Waals surface area contributed by atoms with E-state index in [1.165, 1.54) is 16.7 Å². The van der Waals surface area contributed by atoms with Crippen LogP contribution in [0.25, 0.3) is 0 Å². The van der Waals surface area contributed by atoms with Crippen LogP contribution in [0.3, 0.4) is 0 Å². The molecule has 0 saturated carbocycles. The molecule has 28 heavy (non-hydrogen) atoms. The topological polar surface area (TPSA) is 33.1 Å². The summed E-state index contributed by atoms with van der Waals surface area (Å²) in [5.41, 5.74) is 4.05. The number of nitrogens with zero attached hydrogens (tertiary/aromatic N) is 3. The quantitative estimate of drug-likeness (QED) is 0.641. The highest BCUT2D eigenvalue weighted by Gasteiger charge is 2.25. The third-order valence-electron chi connectivity index (χ3n) is 5.63. The monoisotopic (exact) mass is 378 g/mol. The van der Waals surface area contributed by atoms with Crippen LogP contribution in [0, 0.1) is 5.82 Å². The normalized spacial score (nSPS) is 16.9. The fourth-order valence-electron chi connectivity index (χ4n) is 3.99. The highest BCUT2D eigenvalue weighted by atomic mass is 19.1. The Morgan fingerprint density at radius 1 is 1.11 bits per heavy atom. The molecule has 1 unspecified atom stereocenters. The molecule has 5 heteroatoms. The predicted octanol–water partition coefficient (Wildman–Crippen LogP) is 3.32. The molecule has 3 aromatic rings. The lowest BCUT2D eigenvalue weighted by atomic mass is 9.90. The molecule has 0 spiro atoms. The lowest BCUT2D eigenvalue weighted by Crippen LogP contribution is -2.44. The first kappa shape index (κ1) is 18.8. The van der Waals surface area contributed by atoms with E-state index in [-0.39, 0.29) is 5.82 Å². The van der Waals surface area contributed by atoms with Gasteiger partial charge in [0.2, 0.25) is 0 Å². The van der Waals surface area contributed by atoms with Gasteiger partial charge >= 0.3 is 0 Å². The van der Waals surface area contributed by atoms with Crippen molar-refractivity contribution in [2.75, 3.05) is 13.1 Å². The van der Waals surface area contributed by atoms with Crippen molar-refractivity contribution in [3.05, 3.63) is 89.3 Å². The number of hydrogen-bond donors (Lipinski definition) is 1. The van der Waals surface area contributed by atoms with Gasteiger partial charge in [-0.2, -0.15) is 0 Å². The fourth-order valence-corrected chi connectivity index (χ4v) is 3.99. The highest BCUT2D eigenvalue weighted by Crippen LogP contribution is 2.25. The third kappa shape index (κ3) is 4.49. The molecule has 2 heterocycles. The molecule has 4 nitrogen and oxygen atoms in total. The third-order valence-corrected chi connectivity index (χ3v) is 5.63. The standard InChI is InChI=1S/C23H27FN4/c1-27-12-11-26-23(27)16-25-10-13-28-17-20-5-3-2-4-19(20)15-22(28)14-18-6-8-21(24)9-7-18/h2-9,11-12,22,25H,10,13-17H2,1H3. The summed E-state index contributed by atoms with van der Waals surface area (Å²) in [6.45, 7) is 3.63. The van der Waals surface area contributed by atoms with Gasteiger partial charge in [0, 0.05) is 45.1 Å². The number of nitrogens with one attached hydrogen (secondary N) is 1. The van der Waals surface area contributed by atoms with Gasteiger partial charge in [0.15, 0.2) is 0 Å². The first-order valence-corrected chi connectivity index (χ1v) is 9.91. The molecule has 1 aromatic heterocycles. The second-order valence-electron chi connectivity index (χ2n) is 7.56. The number of rotatable bonds is 7. The second kappa shape index (κ2) is 8.67. The zero-order chi connectivity index (χ0) is 19.3. The first-order chi connectivity index (χ1) is 13.7. The van der Waals surface area contributed by atoms with Crippen molar-refractivity contribution in [1.82, 2.24) is 19.8 Å². The Bertz CT molecular complexity index is 903. The van der Waals surface area contributed by atoms with Gasteiger partial charge in [0.05, 0.1) is 6.54 Å². The van der Waals surface area contributed by atoms with E-state index in [0.717, 1.165) is 44.8 Å². The van der Waals surface area contributed by atoms with Crippen molar-refractivity contribution >= 4 is 0 Å². The van der Waals surface area contributed by atoms with Crippen LogP contribution < -0.4 is 5.32 Å². The van der Waals surface area contributed by atoms with E-state index in [2.05, 4.69) is 39.5 Å². The van der Waals surface area contributed by atoms with Crippen molar-refractivity contribution in [3.8, 4) is 0 Å². The predicted molar refractivity (Wildman–Crippen MR) is 109 cm³/mol. The van der Waals surface area contributed by atoms with Gasteiger partial charge in [-0.3, -0.25) is 4.90 Å². The molecule has 4 rings (SSSR count). The molecule has 1 N–H and O–H groups in total.